The topological polar surface area (TPSA) is 0 Å². The maximum Gasteiger partial charge on any atom is 0.0784 e. The molecule has 0 aliphatic rings. The lowest BCUT2D eigenvalue weighted by molar-refractivity contribution is -0.910. The molecule has 0 radical (unpaired) electrons. The van der Waals surface area contributed by atoms with Gasteiger partial charge in [-0.15, -0.1) is 0 Å². The Labute approximate surface area is 198 Å². The molecule has 0 bridgehead atoms. The second kappa shape index (κ2) is 24.2. The summed E-state index contributed by atoms with van der Waals surface area (Å²) in [7, 11) is 2.54. The fourth-order valence-electron chi connectivity index (χ4n) is 4.18. The van der Waals surface area contributed by atoms with Gasteiger partial charge in [0.15, 0.2) is 0 Å². The fraction of sp³-hybridized carbons (Fsp3) is 1.00. The minimum atomic E-state index is 0. The highest BCUT2D eigenvalue weighted by atomic mass is 79.9. The van der Waals surface area contributed by atoms with Gasteiger partial charge < -0.3 is 21.5 Å². The lowest BCUT2D eigenvalue weighted by Crippen LogP contribution is -3.00. The largest absolute Gasteiger partial charge is 1.00 e. The van der Waals surface area contributed by atoms with Gasteiger partial charge in [0.2, 0.25) is 0 Å². The van der Waals surface area contributed by atoms with Crippen LogP contribution >= 0.6 is 15.9 Å². The highest BCUT2D eigenvalue weighted by Gasteiger charge is 2.19. The van der Waals surface area contributed by atoms with Crippen LogP contribution in [0, 0.1) is 0 Å². The first-order valence-corrected chi connectivity index (χ1v) is 13.7. The summed E-state index contributed by atoms with van der Waals surface area (Å²) in [5, 5.41) is 1.17. The number of halogens is 2. The molecule has 0 aliphatic carbocycles. The highest BCUT2D eigenvalue weighted by Crippen LogP contribution is 2.16. The molecule has 0 atom stereocenters. The molecule has 3 heteroatoms. The van der Waals surface area contributed by atoms with Gasteiger partial charge >= 0.3 is 0 Å². The summed E-state index contributed by atoms with van der Waals surface area (Å²) in [6, 6.07) is 0. The Morgan fingerprint density at radius 3 is 1.07 bits per heavy atom. The monoisotopic (exact) mass is 525 g/mol. The average molecular weight is 528 g/mol. The molecule has 0 saturated carbocycles. The first kappa shape index (κ1) is 31.1. The molecular formula is C25H53Br2N. The Kier molecular flexibility index (Phi) is 26.9. The Hall–Kier alpha value is 0.920. The van der Waals surface area contributed by atoms with Crippen LogP contribution in [-0.4, -0.2) is 36.5 Å². The minimum Gasteiger partial charge on any atom is -1.00 e. The summed E-state index contributed by atoms with van der Waals surface area (Å²) in [5.74, 6) is 0. The number of unbranched alkanes of at least 4 members (excludes halogenated alkanes) is 15. The van der Waals surface area contributed by atoms with Crippen molar-refractivity contribution in [1.82, 2.24) is 0 Å². The third-order valence-electron chi connectivity index (χ3n) is 6.18. The smallest absolute Gasteiger partial charge is 0.0784 e. The molecule has 0 aromatic carbocycles. The molecule has 0 unspecified atom stereocenters. The second-order valence-electron chi connectivity index (χ2n) is 9.14. The van der Waals surface area contributed by atoms with Gasteiger partial charge in [0.25, 0.3) is 0 Å². The molecule has 0 N–H and O–H groups in total. The number of quaternary nitrogens is 1. The molecule has 172 valence electrons. The molecule has 0 heterocycles. The lowest BCUT2D eigenvalue weighted by Gasteiger charge is -2.35. The molecule has 0 aromatic rings. The van der Waals surface area contributed by atoms with Crippen molar-refractivity contribution in [2.75, 3.05) is 32.0 Å². The van der Waals surface area contributed by atoms with E-state index in [4.69, 9.17) is 0 Å². The Balaban J connectivity index is 0. The quantitative estimate of drug-likeness (QED) is 0.0936. The third kappa shape index (κ3) is 21.6. The van der Waals surface area contributed by atoms with Gasteiger partial charge in [-0.3, -0.25) is 0 Å². The first-order chi connectivity index (χ1) is 13.2. The number of rotatable bonds is 22. The summed E-state index contributed by atoms with van der Waals surface area (Å²) in [6.07, 6.45) is 25.8. The van der Waals surface area contributed by atoms with E-state index >= 15 is 0 Å². The normalized spacial score (nSPS) is 11.6. The molecule has 28 heavy (non-hydrogen) atoms. The van der Waals surface area contributed by atoms with Gasteiger partial charge in [-0.25, -0.2) is 0 Å². The van der Waals surface area contributed by atoms with Gasteiger partial charge in [0.1, 0.15) is 0 Å². The number of hydrogen-bond donors (Lipinski definition) is 0. The van der Waals surface area contributed by atoms with Crippen LogP contribution in [0.15, 0.2) is 0 Å². The van der Waals surface area contributed by atoms with E-state index in [-0.39, 0.29) is 17.0 Å². The maximum atomic E-state index is 3.61. The second-order valence-corrected chi connectivity index (χ2v) is 9.93. The number of hydrogen-bond acceptors (Lipinski definition) is 0. The van der Waals surface area contributed by atoms with Crippen molar-refractivity contribution in [2.45, 2.75) is 129 Å². The van der Waals surface area contributed by atoms with Crippen LogP contribution in [0.4, 0.5) is 0 Å². The van der Waals surface area contributed by atoms with E-state index in [9.17, 15) is 0 Å². The fourth-order valence-corrected chi connectivity index (χ4v) is 4.57. The third-order valence-corrected chi connectivity index (χ3v) is 6.75. The van der Waals surface area contributed by atoms with E-state index in [0.29, 0.717) is 0 Å². The van der Waals surface area contributed by atoms with Crippen LogP contribution in [-0.2, 0) is 0 Å². The van der Waals surface area contributed by atoms with Crippen LogP contribution in [0.5, 0.6) is 0 Å². The van der Waals surface area contributed by atoms with E-state index in [2.05, 4.69) is 36.8 Å². The van der Waals surface area contributed by atoms with E-state index in [1.807, 2.05) is 0 Å². The zero-order valence-electron chi connectivity index (χ0n) is 19.8. The molecule has 0 fully saturated rings. The Bertz CT molecular complexity index is 264. The van der Waals surface area contributed by atoms with Crippen molar-refractivity contribution in [3.8, 4) is 0 Å². The van der Waals surface area contributed by atoms with Crippen LogP contribution in [0.2, 0.25) is 0 Å². The van der Waals surface area contributed by atoms with Crippen LogP contribution in [0.1, 0.15) is 129 Å². The standard InChI is InChI=1S/C25H53BrN.BrH/c1-4-6-8-10-12-14-16-19-23-27(3,25-21-18-22-26)24-20-17-15-13-11-9-7-5-2;/h4-25H2,1-3H3;1H/q+1;/p-1. The molecule has 0 spiro atoms. The summed E-state index contributed by atoms with van der Waals surface area (Å²) in [5.41, 5.74) is 0. The van der Waals surface area contributed by atoms with Crippen molar-refractivity contribution in [3.63, 3.8) is 0 Å². The summed E-state index contributed by atoms with van der Waals surface area (Å²) in [4.78, 5) is 0. The molecule has 0 rings (SSSR count). The minimum absolute atomic E-state index is 0. The molecule has 0 amide bonds. The van der Waals surface area contributed by atoms with Crippen molar-refractivity contribution >= 4 is 15.9 Å². The molecule has 0 aliphatic heterocycles. The molecule has 0 aromatic heterocycles. The predicted octanol–water partition coefficient (Wildman–Crippen LogP) is 5.89. The summed E-state index contributed by atoms with van der Waals surface area (Å²) >= 11 is 3.61. The van der Waals surface area contributed by atoms with Gasteiger partial charge in [0.05, 0.1) is 26.7 Å². The molecular weight excluding hydrogens is 474 g/mol. The van der Waals surface area contributed by atoms with E-state index in [1.54, 1.807) is 0 Å². The van der Waals surface area contributed by atoms with Gasteiger partial charge in [-0.05, 0) is 38.5 Å². The van der Waals surface area contributed by atoms with E-state index in [1.165, 1.54) is 145 Å². The van der Waals surface area contributed by atoms with Crippen molar-refractivity contribution < 1.29 is 21.5 Å². The molecule has 0 saturated heterocycles. The number of alkyl halides is 1. The van der Waals surface area contributed by atoms with E-state index in [0.717, 1.165) is 0 Å². The zero-order valence-corrected chi connectivity index (χ0v) is 22.9. The van der Waals surface area contributed by atoms with Gasteiger partial charge in [-0.1, -0.05) is 107 Å². The van der Waals surface area contributed by atoms with Gasteiger partial charge in [0, 0.05) is 5.33 Å². The van der Waals surface area contributed by atoms with Crippen LogP contribution < -0.4 is 17.0 Å². The Morgan fingerprint density at radius 2 is 0.750 bits per heavy atom. The summed E-state index contributed by atoms with van der Waals surface area (Å²) in [6.45, 7) is 8.82. The SMILES string of the molecule is CCCCCCCCCC[N+](C)(CCCCBr)CCCCCCCCCC.[Br-]. The van der Waals surface area contributed by atoms with Crippen molar-refractivity contribution in [3.05, 3.63) is 0 Å². The van der Waals surface area contributed by atoms with Crippen molar-refractivity contribution in [2.24, 2.45) is 0 Å². The van der Waals surface area contributed by atoms with Gasteiger partial charge in [-0.2, -0.15) is 0 Å². The Morgan fingerprint density at radius 1 is 0.464 bits per heavy atom. The maximum absolute atomic E-state index is 3.61. The average Bonchev–Trinajstić information content (AvgIpc) is 2.66. The summed E-state index contributed by atoms with van der Waals surface area (Å²) < 4.78 is 1.33. The van der Waals surface area contributed by atoms with Crippen LogP contribution in [0.3, 0.4) is 0 Å². The van der Waals surface area contributed by atoms with E-state index < -0.39 is 0 Å². The van der Waals surface area contributed by atoms with Crippen molar-refractivity contribution in [1.29, 1.82) is 0 Å². The zero-order chi connectivity index (χ0) is 20.1. The number of nitrogens with zero attached hydrogens (tertiary/aromatic N) is 1. The lowest BCUT2D eigenvalue weighted by atomic mass is 10.1. The first-order valence-electron chi connectivity index (χ1n) is 12.6. The molecule has 1 nitrogen and oxygen atoms in total. The highest BCUT2D eigenvalue weighted by molar-refractivity contribution is 9.09. The van der Waals surface area contributed by atoms with Crippen LogP contribution in [0.25, 0.3) is 0 Å². The predicted molar refractivity (Wildman–Crippen MR) is 129 cm³/mol.